The first-order valence-electron chi connectivity index (χ1n) is 39.9. The van der Waals surface area contributed by atoms with Crippen LogP contribution in [-0.2, 0) is 5.41 Å². The smallest absolute Gasteiger partial charge is 0.488 e. The monoisotopic (exact) mass is 1570 g/mol. The molecule has 0 spiro atoms. The first-order chi connectivity index (χ1) is 58.8. The maximum Gasteiger partial charge on any atom is 0.488 e. The van der Waals surface area contributed by atoms with Crippen molar-refractivity contribution >= 4 is 96.9 Å². The van der Waals surface area contributed by atoms with Gasteiger partial charge in [-0.3, -0.25) is 0 Å². The lowest BCUT2D eigenvalue weighted by Gasteiger charge is -2.37. The molecule has 16 aromatic carbocycles. The van der Waals surface area contributed by atoms with E-state index in [1.807, 2.05) is 72.8 Å². The van der Waals surface area contributed by atoms with Crippen LogP contribution in [0.3, 0.4) is 0 Å². The summed E-state index contributed by atoms with van der Waals surface area (Å²) in [7, 11) is -6.65. The summed E-state index contributed by atoms with van der Waals surface area (Å²) < 4.78 is 0. The SMILES string of the molecule is OB(O)c1cccc(/C=C2\c3cc(O)ccc3-c3ccc(-c4ccc(C(c5ccc(-c6ccc7c(c6)/C(=C/c6cccc(B(O)O)c6)c6cc(O)ccc6-7)cc5)(c5ccc(-c6ccc7c(c6)/C(=C/c6cccc(B(O)O)c6)c6cc(O)ccc6-7)cc5)c5ccc(-c6ccc7c(c6)/C(=C/c6cccc(B(O)O)c6)c6cc(O)ccc6-7)cc5)cc4)cc32)c1. The third-order valence-corrected chi connectivity index (χ3v) is 24.3. The molecular formula is C105H72B4O12. The number of rotatable bonds is 16. The molecule has 12 nitrogen and oxygen atoms in total. The van der Waals surface area contributed by atoms with E-state index < -0.39 is 33.9 Å². The predicted molar refractivity (Wildman–Crippen MR) is 488 cm³/mol. The van der Waals surface area contributed by atoms with Crippen LogP contribution in [0.5, 0.6) is 23.0 Å². The van der Waals surface area contributed by atoms with Crippen molar-refractivity contribution in [3.8, 4) is 112 Å². The van der Waals surface area contributed by atoms with Crippen LogP contribution in [0.1, 0.15) is 89.0 Å². The van der Waals surface area contributed by atoms with Crippen molar-refractivity contribution in [2.24, 2.45) is 0 Å². The van der Waals surface area contributed by atoms with E-state index >= 15 is 0 Å². The van der Waals surface area contributed by atoms with Gasteiger partial charge >= 0.3 is 28.5 Å². The number of phenols is 4. The zero-order chi connectivity index (χ0) is 82.6. The molecule has 0 saturated carbocycles. The Morgan fingerprint density at radius 1 is 0.174 bits per heavy atom. The van der Waals surface area contributed by atoms with Crippen LogP contribution in [0.25, 0.3) is 136 Å². The van der Waals surface area contributed by atoms with Crippen LogP contribution >= 0.6 is 0 Å². The van der Waals surface area contributed by atoms with Gasteiger partial charge in [0.2, 0.25) is 0 Å². The minimum absolute atomic E-state index is 0.121. The fourth-order valence-corrected chi connectivity index (χ4v) is 18.4. The van der Waals surface area contributed by atoms with E-state index in [-0.39, 0.29) is 23.0 Å². The van der Waals surface area contributed by atoms with Crippen molar-refractivity contribution in [2.75, 3.05) is 0 Å². The van der Waals surface area contributed by atoms with E-state index in [4.69, 9.17) is 0 Å². The van der Waals surface area contributed by atoms with Gasteiger partial charge in [0.05, 0.1) is 5.41 Å². The zero-order valence-corrected chi connectivity index (χ0v) is 64.8. The van der Waals surface area contributed by atoms with Gasteiger partial charge in [0.15, 0.2) is 0 Å². The molecule has 0 atom stereocenters. The van der Waals surface area contributed by atoms with Gasteiger partial charge in [0, 0.05) is 0 Å². The summed E-state index contributed by atoms with van der Waals surface area (Å²) >= 11 is 0. The molecule has 121 heavy (non-hydrogen) atoms. The Bertz CT molecular complexity index is 6220. The lowest BCUT2D eigenvalue weighted by Crippen LogP contribution is -2.31. The van der Waals surface area contributed by atoms with Gasteiger partial charge < -0.3 is 60.6 Å². The summed E-state index contributed by atoms with van der Waals surface area (Å²) in [5.74, 6) is 0.482. The van der Waals surface area contributed by atoms with Gasteiger partial charge in [-0.1, -0.05) is 267 Å². The summed E-state index contributed by atoms with van der Waals surface area (Å²) in [4.78, 5) is 0. The van der Waals surface area contributed by atoms with Gasteiger partial charge in [-0.2, -0.15) is 0 Å². The molecule has 0 heterocycles. The van der Waals surface area contributed by atoms with Crippen molar-refractivity contribution in [3.63, 3.8) is 0 Å². The number of hydrogen-bond donors (Lipinski definition) is 12. The second-order valence-electron chi connectivity index (χ2n) is 31.4. The summed E-state index contributed by atoms with van der Waals surface area (Å²) in [6.45, 7) is 0. The Morgan fingerprint density at radius 2 is 0.355 bits per heavy atom. The van der Waals surface area contributed by atoms with Gasteiger partial charge in [0.25, 0.3) is 0 Å². The minimum atomic E-state index is -1.66. The second kappa shape index (κ2) is 30.2. The highest BCUT2D eigenvalue weighted by Crippen LogP contribution is 2.54. The normalized spacial score (nSPS) is 13.8. The summed E-state index contributed by atoms with van der Waals surface area (Å²) in [6, 6.07) is 111. The number of hydrogen-bond acceptors (Lipinski definition) is 12. The second-order valence-corrected chi connectivity index (χ2v) is 31.4. The highest BCUT2D eigenvalue weighted by atomic mass is 16.4. The van der Waals surface area contributed by atoms with Crippen molar-refractivity contribution in [1.82, 2.24) is 0 Å². The van der Waals surface area contributed by atoms with Crippen LogP contribution < -0.4 is 21.9 Å². The molecular weight excluding hydrogens is 1500 g/mol. The average Bonchev–Trinajstić information content (AvgIpc) is 1.73. The molecule has 0 saturated heterocycles. The Hall–Kier alpha value is -14.4. The largest absolute Gasteiger partial charge is 0.508 e. The molecule has 576 valence electrons. The highest BCUT2D eigenvalue weighted by molar-refractivity contribution is 6.60. The van der Waals surface area contributed by atoms with Crippen molar-refractivity contribution in [2.45, 2.75) is 5.41 Å². The van der Waals surface area contributed by atoms with E-state index in [9.17, 15) is 60.6 Å². The summed E-state index contributed by atoms with van der Waals surface area (Å²) in [6.07, 6.45) is 8.09. The highest BCUT2D eigenvalue weighted by Gasteiger charge is 2.40. The van der Waals surface area contributed by atoms with Crippen LogP contribution in [-0.4, -0.2) is 89.1 Å². The van der Waals surface area contributed by atoms with Crippen molar-refractivity contribution < 1.29 is 60.6 Å². The molecule has 20 rings (SSSR count). The van der Waals surface area contributed by atoms with Crippen LogP contribution in [0.4, 0.5) is 0 Å². The number of benzene rings is 16. The molecule has 0 radical (unpaired) electrons. The lowest BCUT2D eigenvalue weighted by atomic mass is 9.64. The zero-order valence-electron chi connectivity index (χ0n) is 64.8. The Balaban J connectivity index is 0.761. The van der Waals surface area contributed by atoms with Crippen molar-refractivity contribution in [3.05, 3.63) is 429 Å². The third-order valence-electron chi connectivity index (χ3n) is 24.3. The molecule has 4 aliphatic carbocycles. The van der Waals surface area contributed by atoms with Crippen molar-refractivity contribution in [1.29, 1.82) is 0 Å². The maximum atomic E-state index is 11.0. The molecule has 0 bridgehead atoms. The van der Waals surface area contributed by atoms with E-state index in [1.54, 1.807) is 121 Å². The maximum absolute atomic E-state index is 11.0. The fraction of sp³-hybridized carbons (Fsp3) is 0.00952. The Labute approximate surface area is 699 Å². The molecule has 4 aliphatic rings. The third kappa shape index (κ3) is 13.5. The van der Waals surface area contributed by atoms with Crippen LogP contribution in [0.2, 0.25) is 0 Å². The Kier molecular flexibility index (Phi) is 18.8. The van der Waals surface area contributed by atoms with Crippen LogP contribution in [0, 0.1) is 0 Å². The molecule has 0 amide bonds. The summed E-state index contributed by atoms with van der Waals surface area (Å²) in [5, 5.41) is 126. The number of fused-ring (bicyclic) bond motifs is 12. The van der Waals surface area contributed by atoms with Crippen LogP contribution in [0.15, 0.2) is 340 Å². The Morgan fingerprint density at radius 3 is 0.554 bits per heavy atom. The van der Waals surface area contributed by atoms with Gasteiger partial charge in [-0.25, -0.2) is 0 Å². The fourth-order valence-electron chi connectivity index (χ4n) is 18.4. The quantitative estimate of drug-likeness (QED) is 0.0319. The minimum Gasteiger partial charge on any atom is -0.508 e. The topological polar surface area (TPSA) is 243 Å². The van der Waals surface area contributed by atoms with E-state index in [1.165, 1.54) is 0 Å². The predicted octanol–water partition coefficient (Wildman–Crippen LogP) is 16.6. The first-order valence-corrected chi connectivity index (χ1v) is 39.9. The number of aromatic hydroxyl groups is 4. The lowest BCUT2D eigenvalue weighted by molar-refractivity contribution is 0.424. The first kappa shape index (κ1) is 75.4. The standard InChI is InChI=1S/C105H72B4O12/c110-81-33-41-89-85-37-21-69(53-97(85)93(101(89)57-81)49-61-5-1-9-77(45-61)106(114)115)65-13-25-73(26-14-65)105(74-27-15-66(16-28-74)70-22-38-86-90-42-34-82(111)58-102(90)94(98(86)54-70)50-62-6-2-10-78(46-62)107(116)117,75-29-17-67(18-30-75)71-23-39-87-91-43-35-83(112)59-103(91)95(99(87)55-71)51-63-7-3-11-79(47-63)108(118)119)76-31-19-68(20-32-76)72-24-40-88-92-44-36-84(113)60-104(92)96(100(88)56-72)52-64-8-4-12-80(48-64)109(120)121/h1-60,110-121H/b93-49-,94-50-,95-51-,96-52-. The number of phenolic OH excluding ortho intramolecular Hbond substituents is 4. The van der Waals surface area contributed by atoms with E-state index in [2.05, 4.69) is 170 Å². The molecule has 0 aromatic heterocycles. The van der Waals surface area contributed by atoms with Gasteiger partial charge in [0.1, 0.15) is 23.0 Å². The molecule has 16 aromatic rings. The molecule has 0 aliphatic heterocycles. The average molecular weight is 1570 g/mol. The van der Waals surface area contributed by atoms with Gasteiger partial charge in [-0.15, -0.1) is 0 Å². The molecule has 0 fully saturated rings. The summed E-state index contributed by atoms with van der Waals surface area (Å²) in [5.41, 5.74) is 33.1. The molecule has 12 N–H and O–H groups in total. The van der Waals surface area contributed by atoms with Gasteiger partial charge in [-0.05, 0) is 319 Å². The van der Waals surface area contributed by atoms with E-state index in [0.717, 1.165) is 200 Å². The van der Waals surface area contributed by atoms with E-state index in [0.29, 0.717) is 21.9 Å². The molecule has 0 unspecified atom stereocenters. The molecule has 16 heteroatoms.